The number of ether oxygens (including phenoxy) is 3. The fraction of sp³-hybridized carbons (Fsp3) is 0.107. The number of cyclic esters (lactones) is 1. The predicted octanol–water partition coefficient (Wildman–Crippen LogP) is 6.06. The molecule has 7 heteroatoms. The van der Waals surface area contributed by atoms with Crippen molar-refractivity contribution in [1.29, 1.82) is 0 Å². The third-order valence-electron chi connectivity index (χ3n) is 5.50. The summed E-state index contributed by atoms with van der Waals surface area (Å²) in [5.74, 6) is 0.798. The average molecular weight is 483 g/mol. The number of hydrogen-bond acceptors (Lipinski definition) is 7. The lowest BCUT2D eigenvalue weighted by atomic mass is 10.1. The minimum Gasteiger partial charge on any atom is -0.493 e. The molecule has 0 unspecified atom stereocenters. The molecule has 174 valence electrons. The first-order valence-corrected chi connectivity index (χ1v) is 11.7. The second kappa shape index (κ2) is 9.64. The van der Waals surface area contributed by atoms with Gasteiger partial charge in [-0.25, -0.2) is 14.8 Å². The molecule has 0 saturated heterocycles. The van der Waals surface area contributed by atoms with Crippen LogP contribution in [0.5, 0.6) is 11.5 Å². The molecule has 0 saturated carbocycles. The highest BCUT2D eigenvalue weighted by atomic mass is 32.2. The maximum Gasteiger partial charge on any atom is 0.363 e. The second-order valence-corrected chi connectivity index (χ2v) is 8.96. The van der Waals surface area contributed by atoms with Crippen molar-refractivity contribution in [3.05, 3.63) is 95.2 Å². The van der Waals surface area contributed by atoms with Crippen molar-refractivity contribution in [1.82, 2.24) is 4.98 Å². The van der Waals surface area contributed by atoms with Gasteiger partial charge in [0.15, 0.2) is 17.2 Å². The molecular formula is C28H22N2O4S. The van der Waals surface area contributed by atoms with E-state index in [1.54, 1.807) is 50.3 Å². The van der Waals surface area contributed by atoms with Gasteiger partial charge < -0.3 is 14.2 Å². The van der Waals surface area contributed by atoms with Crippen molar-refractivity contribution in [2.24, 2.45) is 4.99 Å². The summed E-state index contributed by atoms with van der Waals surface area (Å²) < 4.78 is 16.1. The van der Waals surface area contributed by atoms with Crippen LogP contribution in [-0.4, -0.2) is 31.1 Å². The lowest BCUT2D eigenvalue weighted by molar-refractivity contribution is -0.129. The smallest absolute Gasteiger partial charge is 0.363 e. The maximum atomic E-state index is 12.7. The van der Waals surface area contributed by atoms with Crippen LogP contribution in [0.1, 0.15) is 16.7 Å². The number of aromatic nitrogens is 1. The Morgan fingerprint density at radius 1 is 0.914 bits per heavy atom. The Morgan fingerprint density at radius 2 is 1.69 bits per heavy atom. The molecular weight excluding hydrogens is 460 g/mol. The number of aliphatic imine (C=N–C) groups is 1. The standard InChI is InChI=1S/C28H22N2O4S/c1-17-8-11-21(12-9-17)35-27-20(14-18-6-4-5-7-22(18)30-27)15-23-28(31)34-26(29-23)19-10-13-24(32-2)25(16-19)33-3/h4-16H,1-3H3/b23-15+. The van der Waals surface area contributed by atoms with Crippen LogP contribution in [0.2, 0.25) is 0 Å². The summed E-state index contributed by atoms with van der Waals surface area (Å²) in [5.41, 5.74) is 3.68. The van der Waals surface area contributed by atoms with Gasteiger partial charge in [0.25, 0.3) is 0 Å². The average Bonchev–Trinajstić information content (AvgIpc) is 3.25. The Kier molecular flexibility index (Phi) is 6.25. The molecule has 1 aromatic heterocycles. The normalized spacial score (nSPS) is 14.2. The summed E-state index contributed by atoms with van der Waals surface area (Å²) in [7, 11) is 3.12. The number of rotatable bonds is 6. The van der Waals surface area contributed by atoms with Crippen molar-refractivity contribution < 1.29 is 19.0 Å². The van der Waals surface area contributed by atoms with Gasteiger partial charge in [0.2, 0.25) is 5.90 Å². The zero-order valence-corrected chi connectivity index (χ0v) is 20.3. The highest BCUT2D eigenvalue weighted by Crippen LogP contribution is 2.34. The summed E-state index contributed by atoms with van der Waals surface area (Å²) in [6.45, 7) is 2.05. The van der Waals surface area contributed by atoms with E-state index in [1.807, 2.05) is 30.3 Å². The highest BCUT2D eigenvalue weighted by molar-refractivity contribution is 7.99. The van der Waals surface area contributed by atoms with Crippen LogP contribution in [0.25, 0.3) is 17.0 Å². The van der Waals surface area contributed by atoms with Gasteiger partial charge in [-0.1, -0.05) is 47.7 Å². The molecule has 0 atom stereocenters. The van der Waals surface area contributed by atoms with Crippen LogP contribution < -0.4 is 9.47 Å². The number of aryl methyl sites for hydroxylation is 1. The lowest BCUT2D eigenvalue weighted by Crippen LogP contribution is -2.06. The van der Waals surface area contributed by atoms with E-state index in [-0.39, 0.29) is 11.6 Å². The number of para-hydroxylation sites is 1. The van der Waals surface area contributed by atoms with E-state index < -0.39 is 5.97 Å². The van der Waals surface area contributed by atoms with Gasteiger partial charge in [-0.2, -0.15) is 0 Å². The Bertz CT molecular complexity index is 1490. The first kappa shape index (κ1) is 22.7. The largest absolute Gasteiger partial charge is 0.493 e. The number of benzene rings is 3. The van der Waals surface area contributed by atoms with E-state index in [0.29, 0.717) is 17.1 Å². The Hall–Kier alpha value is -4.10. The van der Waals surface area contributed by atoms with E-state index >= 15 is 0 Å². The zero-order valence-electron chi connectivity index (χ0n) is 19.4. The fourth-order valence-electron chi connectivity index (χ4n) is 3.67. The van der Waals surface area contributed by atoms with Gasteiger partial charge >= 0.3 is 5.97 Å². The first-order chi connectivity index (χ1) is 17.0. The van der Waals surface area contributed by atoms with Crippen molar-refractivity contribution in [3.63, 3.8) is 0 Å². The van der Waals surface area contributed by atoms with Crippen LogP contribution in [0.4, 0.5) is 0 Å². The molecule has 4 aromatic rings. The summed E-state index contributed by atoms with van der Waals surface area (Å²) in [5, 5.41) is 1.76. The third kappa shape index (κ3) is 4.76. The van der Waals surface area contributed by atoms with E-state index in [4.69, 9.17) is 19.2 Å². The van der Waals surface area contributed by atoms with Crippen molar-refractivity contribution in [3.8, 4) is 11.5 Å². The molecule has 3 aromatic carbocycles. The monoisotopic (exact) mass is 482 g/mol. The molecule has 6 nitrogen and oxygen atoms in total. The van der Waals surface area contributed by atoms with Crippen LogP contribution in [-0.2, 0) is 9.53 Å². The molecule has 5 rings (SSSR count). The number of methoxy groups -OCH3 is 2. The van der Waals surface area contributed by atoms with Gasteiger partial charge in [0, 0.05) is 21.4 Å². The predicted molar refractivity (Wildman–Crippen MR) is 137 cm³/mol. The number of carbonyl (C=O) groups is 1. The molecule has 0 aliphatic carbocycles. The van der Waals surface area contributed by atoms with Crippen molar-refractivity contribution in [2.45, 2.75) is 16.8 Å². The Morgan fingerprint density at radius 3 is 2.46 bits per heavy atom. The summed E-state index contributed by atoms with van der Waals surface area (Å²) in [4.78, 5) is 23.1. The zero-order chi connectivity index (χ0) is 24.4. The van der Waals surface area contributed by atoms with Crippen molar-refractivity contribution >= 4 is 40.6 Å². The van der Waals surface area contributed by atoms with Gasteiger partial charge in [0.1, 0.15) is 5.03 Å². The Labute approximate surface area is 207 Å². The summed E-state index contributed by atoms with van der Waals surface area (Å²) >= 11 is 1.54. The SMILES string of the molecule is COc1ccc(C2=N/C(=C/c3cc4ccccc4nc3Sc3ccc(C)cc3)C(=O)O2)cc1OC. The van der Waals surface area contributed by atoms with E-state index in [2.05, 4.69) is 36.2 Å². The first-order valence-electron chi connectivity index (χ1n) is 10.9. The molecule has 35 heavy (non-hydrogen) atoms. The molecule has 1 aliphatic rings. The molecule has 0 bridgehead atoms. The number of nitrogens with zero attached hydrogens (tertiary/aromatic N) is 2. The van der Waals surface area contributed by atoms with E-state index in [1.165, 1.54) is 5.56 Å². The number of esters is 1. The minimum absolute atomic E-state index is 0.206. The van der Waals surface area contributed by atoms with Crippen LogP contribution in [0.15, 0.2) is 93.4 Å². The molecule has 0 radical (unpaired) electrons. The van der Waals surface area contributed by atoms with Crippen LogP contribution >= 0.6 is 11.8 Å². The molecule has 2 heterocycles. The van der Waals surface area contributed by atoms with Gasteiger partial charge in [-0.15, -0.1) is 0 Å². The number of carbonyl (C=O) groups excluding carboxylic acids is 1. The van der Waals surface area contributed by atoms with Crippen LogP contribution in [0.3, 0.4) is 0 Å². The van der Waals surface area contributed by atoms with E-state index in [0.717, 1.165) is 26.4 Å². The highest BCUT2D eigenvalue weighted by Gasteiger charge is 2.25. The van der Waals surface area contributed by atoms with Gasteiger partial charge in [0.05, 0.1) is 19.7 Å². The third-order valence-corrected chi connectivity index (χ3v) is 6.52. The minimum atomic E-state index is -0.519. The summed E-state index contributed by atoms with van der Waals surface area (Å²) in [6.07, 6.45) is 1.73. The van der Waals surface area contributed by atoms with Crippen LogP contribution in [0, 0.1) is 6.92 Å². The van der Waals surface area contributed by atoms with Gasteiger partial charge in [-0.05, 0) is 55.5 Å². The second-order valence-electron chi connectivity index (χ2n) is 7.90. The lowest BCUT2D eigenvalue weighted by Gasteiger charge is -2.08. The molecule has 0 fully saturated rings. The summed E-state index contributed by atoms with van der Waals surface area (Å²) in [6, 6.07) is 23.4. The Balaban J connectivity index is 1.55. The number of hydrogen-bond donors (Lipinski definition) is 0. The number of pyridine rings is 1. The topological polar surface area (TPSA) is 70.0 Å². The molecule has 0 spiro atoms. The molecule has 0 N–H and O–H groups in total. The van der Waals surface area contributed by atoms with Crippen molar-refractivity contribution in [2.75, 3.05) is 14.2 Å². The molecule has 0 amide bonds. The van der Waals surface area contributed by atoms with Gasteiger partial charge in [-0.3, -0.25) is 0 Å². The maximum absolute atomic E-state index is 12.7. The fourth-order valence-corrected chi connectivity index (χ4v) is 4.54. The molecule has 1 aliphatic heterocycles. The van der Waals surface area contributed by atoms with E-state index in [9.17, 15) is 4.79 Å². The number of fused-ring (bicyclic) bond motifs is 1. The quantitative estimate of drug-likeness (QED) is 0.246.